The summed E-state index contributed by atoms with van der Waals surface area (Å²) in [6.07, 6.45) is -0.0279. The van der Waals surface area contributed by atoms with Crippen molar-refractivity contribution in [2.45, 2.75) is 12.6 Å². The summed E-state index contributed by atoms with van der Waals surface area (Å²) in [5.74, 6) is 0.0104. The van der Waals surface area contributed by atoms with Crippen molar-refractivity contribution in [1.29, 1.82) is 0 Å². The van der Waals surface area contributed by atoms with Crippen LogP contribution in [0.2, 0.25) is 9.36 Å². The van der Waals surface area contributed by atoms with E-state index >= 15 is 0 Å². The van der Waals surface area contributed by atoms with Gasteiger partial charge in [0.15, 0.2) is 0 Å². The average Bonchev–Trinajstić information content (AvgIpc) is 2.99. The van der Waals surface area contributed by atoms with Crippen molar-refractivity contribution in [3.8, 4) is 0 Å². The van der Waals surface area contributed by atoms with Gasteiger partial charge < -0.3 is 10.1 Å². The average molecular weight is 385 g/mol. The topological polar surface area (TPSA) is 41.6 Å². The smallest absolute Gasteiger partial charge is 0.234 e. The van der Waals surface area contributed by atoms with Crippen LogP contribution < -0.4 is 5.32 Å². The van der Waals surface area contributed by atoms with E-state index in [4.69, 9.17) is 27.9 Å². The van der Waals surface area contributed by atoms with Gasteiger partial charge in [-0.05, 0) is 29.8 Å². The normalized spacial score (nSPS) is 18.5. The number of rotatable bonds is 5. The molecule has 1 unspecified atom stereocenters. The minimum absolute atomic E-state index is 0.0104. The Hall–Kier alpha value is -1.11. The highest BCUT2D eigenvalue weighted by Crippen LogP contribution is 2.24. The zero-order valence-corrected chi connectivity index (χ0v) is 15.3. The van der Waals surface area contributed by atoms with Gasteiger partial charge >= 0.3 is 0 Å². The van der Waals surface area contributed by atoms with E-state index in [0.29, 0.717) is 31.3 Å². The molecule has 24 heavy (non-hydrogen) atoms. The molecule has 7 heteroatoms. The zero-order chi connectivity index (χ0) is 16.9. The number of ether oxygens (including phenoxy) is 1. The maximum absolute atomic E-state index is 12.1. The molecule has 1 fully saturated rings. The fourth-order valence-electron chi connectivity index (χ4n) is 2.62. The van der Waals surface area contributed by atoms with Crippen LogP contribution in [0.15, 0.2) is 36.4 Å². The largest absolute Gasteiger partial charge is 0.371 e. The van der Waals surface area contributed by atoms with Crippen molar-refractivity contribution in [2.24, 2.45) is 0 Å². The van der Waals surface area contributed by atoms with Crippen molar-refractivity contribution in [3.05, 3.63) is 56.2 Å². The molecule has 1 atom stereocenters. The standard InChI is InChI=1S/C17H18Cl2N2O2S/c18-13-3-1-12(2-4-13)15-10-21(7-8-23-15)11-17(22)20-9-14-5-6-16(19)24-14/h1-6,15H,7-11H2,(H,20,22). The molecule has 2 heterocycles. The molecular weight excluding hydrogens is 367 g/mol. The number of halogens is 2. The van der Waals surface area contributed by atoms with E-state index in [1.165, 1.54) is 11.3 Å². The minimum Gasteiger partial charge on any atom is -0.371 e. The molecular formula is C17H18Cl2N2O2S. The van der Waals surface area contributed by atoms with Gasteiger partial charge in [-0.25, -0.2) is 0 Å². The Kier molecular flexibility index (Phi) is 6.14. The summed E-state index contributed by atoms with van der Waals surface area (Å²) in [5, 5.41) is 3.64. The fourth-order valence-corrected chi connectivity index (χ4v) is 3.77. The van der Waals surface area contributed by atoms with Crippen LogP contribution in [-0.2, 0) is 16.1 Å². The molecule has 1 aliphatic rings. The maximum atomic E-state index is 12.1. The van der Waals surface area contributed by atoms with E-state index in [9.17, 15) is 4.79 Å². The van der Waals surface area contributed by atoms with Gasteiger partial charge in [0.1, 0.15) is 0 Å². The van der Waals surface area contributed by atoms with Crippen LogP contribution in [0.5, 0.6) is 0 Å². The molecule has 1 aromatic heterocycles. The highest BCUT2D eigenvalue weighted by molar-refractivity contribution is 7.16. The molecule has 0 aliphatic carbocycles. The monoisotopic (exact) mass is 384 g/mol. The zero-order valence-electron chi connectivity index (χ0n) is 13.0. The second-order valence-corrected chi connectivity index (χ2v) is 7.86. The molecule has 1 saturated heterocycles. The summed E-state index contributed by atoms with van der Waals surface area (Å²) < 4.78 is 6.55. The molecule has 1 N–H and O–H groups in total. The van der Waals surface area contributed by atoms with E-state index < -0.39 is 0 Å². The predicted octanol–water partition coefficient (Wildman–Crippen LogP) is 3.74. The first-order valence-electron chi connectivity index (χ1n) is 7.70. The number of hydrogen-bond donors (Lipinski definition) is 1. The van der Waals surface area contributed by atoms with Gasteiger partial charge in [-0.3, -0.25) is 9.69 Å². The predicted molar refractivity (Wildman–Crippen MR) is 97.8 cm³/mol. The van der Waals surface area contributed by atoms with E-state index in [1.54, 1.807) is 0 Å². The fraction of sp³-hybridized carbons (Fsp3) is 0.353. The number of nitrogens with one attached hydrogen (secondary N) is 1. The molecule has 0 saturated carbocycles. The van der Waals surface area contributed by atoms with Crippen LogP contribution in [0.4, 0.5) is 0 Å². The van der Waals surface area contributed by atoms with Gasteiger partial charge in [-0.15, -0.1) is 11.3 Å². The van der Waals surface area contributed by atoms with Crippen LogP contribution in [0.3, 0.4) is 0 Å². The van der Waals surface area contributed by atoms with E-state index in [0.717, 1.165) is 21.3 Å². The lowest BCUT2D eigenvalue weighted by Gasteiger charge is -2.32. The third-order valence-corrected chi connectivity index (χ3v) is 5.33. The first-order chi connectivity index (χ1) is 11.6. The minimum atomic E-state index is -0.0279. The number of nitrogens with zero attached hydrogens (tertiary/aromatic N) is 1. The van der Waals surface area contributed by atoms with E-state index in [2.05, 4.69) is 10.2 Å². The molecule has 1 aromatic carbocycles. The second kappa shape index (κ2) is 8.32. The molecule has 2 aromatic rings. The lowest BCUT2D eigenvalue weighted by atomic mass is 10.1. The van der Waals surface area contributed by atoms with Crippen LogP contribution in [0, 0.1) is 0 Å². The van der Waals surface area contributed by atoms with Crippen LogP contribution in [-0.4, -0.2) is 37.0 Å². The highest BCUT2D eigenvalue weighted by atomic mass is 35.5. The lowest BCUT2D eigenvalue weighted by Crippen LogP contribution is -2.44. The van der Waals surface area contributed by atoms with Crippen molar-refractivity contribution in [3.63, 3.8) is 0 Å². The number of carbonyl (C=O) groups is 1. The Labute approximate surface area is 155 Å². The van der Waals surface area contributed by atoms with Gasteiger partial charge in [0.05, 0.1) is 30.1 Å². The first-order valence-corrected chi connectivity index (χ1v) is 9.28. The van der Waals surface area contributed by atoms with Crippen LogP contribution in [0.1, 0.15) is 16.5 Å². The van der Waals surface area contributed by atoms with Crippen LogP contribution in [0.25, 0.3) is 0 Å². The SMILES string of the molecule is O=C(CN1CCOC(c2ccc(Cl)cc2)C1)NCc1ccc(Cl)s1. The Bertz CT molecular complexity index is 690. The summed E-state index contributed by atoms with van der Waals surface area (Å²) in [7, 11) is 0. The molecule has 0 radical (unpaired) electrons. The summed E-state index contributed by atoms with van der Waals surface area (Å²) in [6, 6.07) is 11.4. The molecule has 4 nitrogen and oxygen atoms in total. The highest BCUT2D eigenvalue weighted by Gasteiger charge is 2.23. The molecule has 128 valence electrons. The van der Waals surface area contributed by atoms with E-state index in [1.807, 2.05) is 36.4 Å². The van der Waals surface area contributed by atoms with Crippen molar-refractivity contribution in [2.75, 3.05) is 26.2 Å². The molecule has 1 aliphatic heterocycles. The molecule has 3 rings (SSSR count). The quantitative estimate of drug-likeness (QED) is 0.853. The summed E-state index contributed by atoms with van der Waals surface area (Å²) in [4.78, 5) is 15.3. The van der Waals surface area contributed by atoms with Crippen LogP contribution >= 0.6 is 34.5 Å². The molecule has 0 bridgehead atoms. The van der Waals surface area contributed by atoms with Crippen molar-refractivity contribution in [1.82, 2.24) is 10.2 Å². The van der Waals surface area contributed by atoms with Gasteiger partial charge in [0, 0.05) is 23.0 Å². The van der Waals surface area contributed by atoms with Gasteiger partial charge in [-0.2, -0.15) is 0 Å². The summed E-state index contributed by atoms with van der Waals surface area (Å²) >= 11 is 13.3. The Morgan fingerprint density at radius 1 is 1.25 bits per heavy atom. The third-order valence-electron chi connectivity index (χ3n) is 3.85. The Morgan fingerprint density at radius 3 is 2.75 bits per heavy atom. The number of morpholine rings is 1. The third kappa shape index (κ3) is 4.94. The van der Waals surface area contributed by atoms with Gasteiger partial charge in [-0.1, -0.05) is 35.3 Å². The van der Waals surface area contributed by atoms with Gasteiger partial charge in [0.25, 0.3) is 0 Å². The number of benzene rings is 1. The Balaban J connectivity index is 1.49. The lowest BCUT2D eigenvalue weighted by molar-refractivity contribution is -0.124. The van der Waals surface area contributed by atoms with E-state index in [-0.39, 0.29) is 12.0 Å². The molecule has 0 spiro atoms. The number of amides is 1. The maximum Gasteiger partial charge on any atom is 0.234 e. The van der Waals surface area contributed by atoms with Crippen molar-refractivity contribution >= 4 is 40.4 Å². The summed E-state index contributed by atoms with van der Waals surface area (Å²) in [5.41, 5.74) is 1.08. The second-order valence-electron chi connectivity index (χ2n) is 5.63. The first kappa shape index (κ1) is 17.7. The van der Waals surface area contributed by atoms with Crippen molar-refractivity contribution < 1.29 is 9.53 Å². The Morgan fingerprint density at radius 2 is 2.04 bits per heavy atom. The summed E-state index contributed by atoms with van der Waals surface area (Å²) in [6.45, 7) is 2.94. The number of thiophene rings is 1. The number of hydrogen-bond acceptors (Lipinski definition) is 4. The van der Waals surface area contributed by atoms with Gasteiger partial charge in [0.2, 0.25) is 5.91 Å². The molecule has 1 amide bonds. The number of carbonyl (C=O) groups excluding carboxylic acids is 1.